The lowest BCUT2D eigenvalue weighted by molar-refractivity contribution is 0.126. The second kappa shape index (κ2) is 1.70. The van der Waals surface area contributed by atoms with E-state index < -0.39 is 0 Å². The highest BCUT2D eigenvalue weighted by molar-refractivity contribution is 4.98. The third kappa shape index (κ3) is 0.634. The van der Waals surface area contributed by atoms with E-state index >= 15 is 0 Å². The zero-order valence-corrected chi connectivity index (χ0v) is 5.46. The summed E-state index contributed by atoms with van der Waals surface area (Å²) in [4.78, 5) is 0. The molecule has 2 rings (SSSR count). The molecule has 2 nitrogen and oxygen atoms in total. The molecule has 2 fully saturated rings. The summed E-state index contributed by atoms with van der Waals surface area (Å²) >= 11 is 0. The molecular weight excluding hydrogens is 114 g/mol. The monoisotopic (exact) mass is 127 g/mol. The predicted octanol–water partition coefficient (Wildman–Crippen LogP) is 0.104. The van der Waals surface area contributed by atoms with E-state index in [4.69, 9.17) is 5.73 Å². The average Bonchev–Trinajstić information content (AvgIpc) is 2.25. The van der Waals surface area contributed by atoms with Gasteiger partial charge in [-0.2, -0.15) is 0 Å². The van der Waals surface area contributed by atoms with Crippen LogP contribution in [0.1, 0.15) is 19.3 Å². The van der Waals surface area contributed by atoms with Gasteiger partial charge >= 0.3 is 0 Å². The van der Waals surface area contributed by atoms with Crippen molar-refractivity contribution in [3.8, 4) is 0 Å². The number of nitrogens with two attached hydrogens (primary N) is 1. The molecule has 2 aliphatic rings. The molecule has 2 bridgehead atoms. The highest BCUT2D eigenvalue weighted by Gasteiger charge is 2.45. The lowest BCUT2D eigenvalue weighted by Gasteiger charge is -2.15. The topological polar surface area (TPSA) is 46.2 Å². The van der Waals surface area contributed by atoms with Crippen LogP contribution in [-0.2, 0) is 0 Å². The third-order valence-electron chi connectivity index (χ3n) is 2.92. The van der Waals surface area contributed by atoms with Crippen LogP contribution in [0, 0.1) is 11.8 Å². The minimum absolute atomic E-state index is 0.0556. The maximum absolute atomic E-state index is 9.42. The van der Waals surface area contributed by atoms with Crippen LogP contribution in [0.5, 0.6) is 0 Å². The van der Waals surface area contributed by atoms with E-state index in [1.54, 1.807) is 0 Å². The Morgan fingerprint density at radius 1 is 1.33 bits per heavy atom. The van der Waals surface area contributed by atoms with Gasteiger partial charge in [-0.05, 0) is 25.2 Å². The summed E-state index contributed by atoms with van der Waals surface area (Å²) in [5, 5.41) is 9.42. The molecule has 0 aliphatic heterocycles. The van der Waals surface area contributed by atoms with Crippen LogP contribution in [0.4, 0.5) is 0 Å². The van der Waals surface area contributed by atoms with Crippen molar-refractivity contribution < 1.29 is 5.11 Å². The van der Waals surface area contributed by atoms with E-state index in [0.717, 1.165) is 12.8 Å². The van der Waals surface area contributed by atoms with Crippen LogP contribution in [0.15, 0.2) is 0 Å². The second-order valence-corrected chi connectivity index (χ2v) is 3.39. The van der Waals surface area contributed by atoms with Crippen LogP contribution in [0.25, 0.3) is 0 Å². The van der Waals surface area contributed by atoms with Crippen molar-refractivity contribution in [1.29, 1.82) is 0 Å². The molecule has 2 aliphatic carbocycles. The summed E-state index contributed by atoms with van der Waals surface area (Å²) in [6.07, 6.45) is 3.37. The molecule has 0 amide bonds. The smallest absolute Gasteiger partial charge is 0.0611 e. The highest BCUT2D eigenvalue weighted by atomic mass is 16.3. The largest absolute Gasteiger partial charge is 0.392 e. The van der Waals surface area contributed by atoms with Crippen LogP contribution in [-0.4, -0.2) is 17.3 Å². The molecule has 0 saturated heterocycles. The van der Waals surface area contributed by atoms with Gasteiger partial charge in [0.1, 0.15) is 0 Å². The highest BCUT2D eigenvalue weighted by Crippen LogP contribution is 2.43. The van der Waals surface area contributed by atoms with Gasteiger partial charge in [0, 0.05) is 12.0 Å². The molecule has 2 heteroatoms. The molecule has 9 heavy (non-hydrogen) atoms. The zero-order valence-electron chi connectivity index (χ0n) is 5.46. The summed E-state index contributed by atoms with van der Waals surface area (Å²) in [7, 11) is 0. The van der Waals surface area contributed by atoms with Gasteiger partial charge in [-0.1, -0.05) is 0 Å². The maximum atomic E-state index is 9.42. The quantitative estimate of drug-likeness (QED) is 0.485. The summed E-state index contributed by atoms with van der Waals surface area (Å²) in [6.45, 7) is 0. The van der Waals surface area contributed by atoms with Crippen molar-refractivity contribution in [2.45, 2.75) is 31.4 Å². The summed E-state index contributed by atoms with van der Waals surface area (Å²) < 4.78 is 0. The van der Waals surface area contributed by atoms with E-state index in [2.05, 4.69) is 0 Å². The van der Waals surface area contributed by atoms with Gasteiger partial charge in [-0.3, -0.25) is 0 Å². The molecule has 0 spiro atoms. The molecule has 0 heterocycles. The van der Waals surface area contributed by atoms with Gasteiger partial charge < -0.3 is 10.8 Å². The molecule has 0 radical (unpaired) electrons. The van der Waals surface area contributed by atoms with Crippen molar-refractivity contribution in [2.24, 2.45) is 17.6 Å². The normalized spacial score (nSPS) is 56.7. The molecule has 4 unspecified atom stereocenters. The average molecular weight is 127 g/mol. The number of fused-ring (bicyclic) bond motifs is 2. The minimum Gasteiger partial charge on any atom is -0.392 e. The first-order chi connectivity index (χ1) is 4.29. The Hall–Kier alpha value is -0.0800. The fraction of sp³-hybridized carbons (Fsp3) is 1.00. The molecular formula is C7H13NO. The third-order valence-corrected chi connectivity index (χ3v) is 2.92. The Morgan fingerprint density at radius 3 is 2.33 bits per heavy atom. The summed E-state index contributed by atoms with van der Waals surface area (Å²) in [5.74, 6) is 0.986. The van der Waals surface area contributed by atoms with E-state index in [1.165, 1.54) is 6.42 Å². The van der Waals surface area contributed by atoms with E-state index in [-0.39, 0.29) is 6.10 Å². The zero-order chi connectivity index (χ0) is 6.43. The number of hydrogen-bond acceptors (Lipinski definition) is 2. The Morgan fingerprint density at radius 2 is 2.11 bits per heavy atom. The SMILES string of the molecule is NC1CC2CCC1C2O. The maximum Gasteiger partial charge on any atom is 0.0611 e. The van der Waals surface area contributed by atoms with Crippen molar-refractivity contribution in [1.82, 2.24) is 0 Å². The minimum atomic E-state index is -0.0556. The van der Waals surface area contributed by atoms with Gasteiger partial charge in [0.05, 0.1) is 6.10 Å². The Bertz CT molecular complexity index is 126. The molecule has 0 aromatic carbocycles. The Balaban J connectivity index is 2.16. The fourth-order valence-electron chi connectivity index (χ4n) is 2.35. The van der Waals surface area contributed by atoms with Gasteiger partial charge in [0.15, 0.2) is 0 Å². The lowest BCUT2D eigenvalue weighted by atomic mass is 9.96. The van der Waals surface area contributed by atoms with E-state index in [9.17, 15) is 5.11 Å². The second-order valence-electron chi connectivity index (χ2n) is 3.39. The van der Waals surface area contributed by atoms with Gasteiger partial charge in [0.25, 0.3) is 0 Å². The lowest BCUT2D eigenvalue weighted by Crippen LogP contribution is -2.28. The predicted molar refractivity (Wildman–Crippen MR) is 34.8 cm³/mol. The van der Waals surface area contributed by atoms with Crippen LogP contribution in [0.2, 0.25) is 0 Å². The first kappa shape index (κ1) is 5.69. The molecule has 52 valence electrons. The number of hydrogen-bond donors (Lipinski definition) is 2. The summed E-state index contributed by atoms with van der Waals surface area (Å²) in [6, 6.07) is 0.304. The van der Waals surface area contributed by atoms with Crippen LogP contribution in [0.3, 0.4) is 0 Å². The summed E-state index contributed by atoms with van der Waals surface area (Å²) in [5.41, 5.74) is 5.75. The number of aliphatic hydroxyl groups is 1. The van der Waals surface area contributed by atoms with Crippen molar-refractivity contribution in [3.05, 3.63) is 0 Å². The van der Waals surface area contributed by atoms with Gasteiger partial charge in [0.2, 0.25) is 0 Å². The van der Waals surface area contributed by atoms with Crippen molar-refractivity contribution in [3.63, 3.8) is 0 Å². The molecule has 3 N–H and O–H groups in total. The molecule has 2 saturated carbocycles. The van der Waals surface area contributed by atoms with Crippen molar-refractivity contribution in [2.75, 3.05) is 0 Å². The van der Waals surface area contributed by atoms with E-state index in [0.29, 0.717) is 17.9 Å². The molecule has 4 atom stereocenters. The number of rotatable bonds is 0. The first-order valence-corrected chi connectivity index (χ1v) is 3.72. The van der Waals surface area contributed by atoms with Gasteiger partial charge in [-0.25, -0.2) is 0 Å². The van der Waals surface area contributed by atoms with Crippen molar-refractivity contribution >= 4 is 0 Å². The Kier molecular flexibility index (Phi) is 1.08. The first-order valence-electron chi connectivity index (χ1n) is 3.72. The Labute approximate surface area is 55.1 Å². The number of aliphatic hydroxyl groups excluding tert-OH is 1. The van der Waals surface area contributed by atoms with Gasteiger partial charge in [-0.15, -0.1) is 0 Å². The molecule has 0 aromatic heterocycles. The fourth-order valence-corrected chi connectivity index (χ4v) is 2.35. The standard InChI is InChI=1S/C7H13NO/c8-6-3-4-1-2-5(6)7(4)9/h4-7,9H,1-3,8H2. The van der Waals surface area contributed by atoms with Crippen LogP contribution < -0.4 is 5.73 Å². The van der Waals surface area contributed by atoms with Crippen LogP contribution >= 0.6 is 0 Å². The van der Waals surface area contributed by atoms with E-state index in [1.807, 2.05) is 0 Å². The molecule has 0 aromatic rings.